The highest BCUT2D eigenvalue weighted by Crippen LogP contribution is 2.48. The number of hydrogen-bond donors (Lipinski definition) is 0. The van der Waals surface area contributed by atoms with Crippen molar-refractivity contribution in [2.24, 2.45) is 0 Å². The normalized spacial score (nSPS) is 11.7. The van der Waals surface area contributed by atoms with Crippen LogP contribution < -0.4 is 0 Å². The molecule has 0 atom stereocenters. The topological polar surface area (TPSA) is 29.6 Å². The Kier molecular flexibility index (Phi) is 19.5. The maximum Gasteiger partial charge on any atom is 0.0548 e. The smallest absolute Gasteiger partial charge is 0.0548 e. The highest BCUT2D eigenvalue weighted by Gasteiger charge is 2.26. The van der Waals surface area contributed by atoms with Crippen LogP contribution in [0.2, 0.25) is 0 Å². The van der Waals surface area contributed by atoms with Gasteiger partial charge in [0.2, 0.25) is 0 Å². The second kappa shape index (κ2) is 33.8. The lowest BCUT2D eigenvalue weighted by molar-refractivity contribution is 1.17. The average Bonchev–Trinajstić information content (AvgIpc) is 1.55. The summed E-state index contributed by atoms with van der Waals surface area (Å²) in [5, 5.41) is 20.4. The third kappa shape index (κ3) is 13.6. The molecule has 0 bridgehead atoms. The van der Waals surface area contributed by atoms with Crippen molar-refractivity contribution in [2.75, 3.05) is 0 Å². The Balaban J connectivity index is 0.000000106. The Morgan fingerprint density at radius 1 is 0.0929 bits per heavy atom. The van der Waals surface area contributed by atoms with Gasteiger partial charge in [0, 0.05) is 98.8 Å². The van der Waals surface area contributed by atoms with Gasteiger partial charge in [0.05, 0.1) is 66.2 Å². The van der Waals surface area contributed by atoms with Crippen molar-refractivity contribution in [2.45, 2.75) is 0 Å². The quantitative estimate of drug-likeness (QED) is 0.117. The second-order valence-electron chi connectivity index (χ2n) is 36.5. The largest absolute Gasteiger partial charge is 0.309 e. The van der Waals surface area contributed by atoms with Crippen LogP contribution in [0.25, 0.3) is 253 Å². The van der Waals surface area contributed by atoms with Gasteiger partial charge in [-0.1, -0.05) is 382 Å². The number of nitrogens with zero attached hydrogens (tertiary/aromatic N) is 6. The number of hydrogen-bond acceptors (Lipinski definition) is 0. The number of aromatic nitrogens is 6. The van der Waals surface area contributed by atoms with E-state index in [0.717, 1.165) is 17.1 Å². The van der Waals surface area contributed by atoms with Crippen molar-refractivity contribution in [3.8, 4) is 101 Å². The van der Waals surface area contributed by atoms with Crippen LogP contribution in [0.5, 0.6) is 0 Å². The summed E-state index contributed by atoms with van der Waals surface area (Å²) in [6, 6.07) is 194. The van der Waals surface area contributed by atoms with Crippen molar-refractivity contribution >= 4 is 152 Å². The lowest BCUT2D eigenvalue weighted by atomic mass is 9.99. The van der Waals surface area contributed by atoms with Crippen molar-refractivity contribution in [3.05, 3.63) is 534 Å². The van der Waals surface area contributed by atoms with Gasteiger partial charge in [-0.2, -0.15) is 0 Å². The van der Waals surface area contributed by atoms with E-state index in [9.17, 15) is 0 Å². The second-order valence-corrected chi connectivity index (χ2v) is 36.5. The fourth-order valence-corrected chi connectivity index (χ4v) is 22.3. The molecule has 654 valence electrons. The molecule has 140 heavy (non-hydrogen) atoms. The molecule has 0 aliphatic heterocycles. The molecule has 0 saturated heterocycles. The molecular formula is C134H88N6. The first-order valence-electron chi connectivity index (χ1n) is 48.2. The first-order valence-corrected chi connectivity index (χ1v) is 48.2. The minimum absolute atomic E-state index is 1.15. The molecule has 0 aliphatic rings. The van der Waals surface area contributed by atoms with Gasteiger partial charge in [0.1, 0.15) is 0 Å². The van der Waals surface area contributed by atoms with Crippen LogP contribution in [-0.2, 0) is 0 Å². The Morgan fingerprint density at radius 2 is 0.271 bits per heavy atom. The van der Waals surface area contributed by atoms with E-state index in [0.29, 0.717) is 0 Å². The number of benzene rings is 23. The van der Waals surface area contributed by atoms with E-state index in [4.69, 9.17) is 0 Å². The fourth-order valence-electron chi connectivity index (χ4n) is 22.3. The summed E-state index contributed by atoms with van der Waals surface area (Å²) in [6.07, 6.45) is 0. The molecular weight excluding hydrogens is 1690 g/mol. The standard InChI is InChI=1S/2C46H30N2.C42H28N2/c1-2-11-31(12-3-1)34-15-10-16-35(29-34)33-21-24-37(25-22-33)47-41-19-8-6-17-39(41)45-43(47)27-28-44-46(45)40-18-7-9-20-42(40)48(44)38-26-23-32-13-4-5-14-36(32)30-38;1-2-10-31(11-3-1)33-18-20-34(21-19-33)35-22-25-37(26-23-35)47-41-16-8-6-14-39(41)45-43(47)28-29-44-46(45)40-15-7-9-17-42(40)48(44)38-27-24-32-12-4-5-13-36(32)30-38;1-3-11-29(12-4-1)30-19-21-31(22-20-30)32-23-25-34(26-24-32)44-38-18-10-8-16-36(38)42-40(44)28-27-39-41(42)35-15-7-9-17-37(35)43(39)33-13-5-2-6-14-33/h2*1-30H;1-28H. The SMILES string of the molecule is c1ccc(-c2ccc(-c3ccc(-n4c5ccccc5c5c6c7ccccc7n(-c7ccc8ccccc8c7)c6ccc54)cc3)cc2)cc1.c1ccc(-c2ccc(-c3ccc(-n4c5ccccc5c5c6c7ccccc7n(-c7ccccc7)c6ccc54)cc3)cc2)cc1.c1ccc(-c2cccc(-c3ccc(-n4c5ccccc5c5c6c7ccccc7n(-c7ccc8ccccc8c7)c6ccc54)cc3)c2)cc1. The van der Waals surface area contributed by atoms with Crippen LogP contribution in [0.1, 0.15) is 0 Å². The zero-order chi connectivity index (χ0) is 92.2. The molecule has 23 aromatic carbocycles. The summed E-state index contributed by atoms with van der Waals surface area (Å²) in [4.78, 5) is 0. The third-order valence-corrected chi connectivity index (χ3v) is 28.7. The maximum absolute atomic E-state index is 2.43. The van der Waals surface area contributed by atoms with Crippen LogP contribution in [0.3, 0.4) is 0 Å². The molecule has 6 heterocycles. The summed E-state index contributed by atoms with van der Waals surface area (Å²) < 4.78 is 14.5. The predicted molar refractivity (Wildman–Crippen MR) is 593 cm³/mol. The van der Waals surface area contributed by atoms with Gasteiger partial charge < -0.3 is 27.4 Å². The Hall–Kier alpha value is -18.6. The molecule has 0 amide bonds. The summed E-state index contributed by atoms with van der Waals surface area (Å²) in [7, 11) is 0. The van der Waals surface area contributed by atoms with Gasteiger partial charge in [-0.3, -0.25) is 0 Å². The van der Waals surface area contributed by atoms with Crippen LogP contribution in [0.4, 0.5) is 0 Å². The third-order valence-electron chi connectivity index (χ3n) is 28.7. The summed E-state index contributed by atoms with van der Waals surface area (Å²) in [6.45, 7) is 0. The highest BCUT2D eigenvalue weighted by atomic mass is 15.0. The average molecular weight is 1780 g/mol. The minimum atomic E-state index is 1.15. The minimum Gasteiger partial charge on any atom is -0.309 e. The first-order chi connectivity index (χ1) is 69.5. The number of para-hydroxylation sites is 7. The Morgan fingerprint density at radius 3 is 0.543 bits per heavy atom. The zero-order valence-electron chi connectivity index (χ0n) is 76.5. The number of rotatable bonds is 12. The van der Waals surface area contributed by atoms with Crippen LogP contribution in [0.15, 0.2) is 534 Å². The van der Waals surface area contributed by atoms with Crippen molar-refractivity contribution in [3.63, 3.8) is 0 Å². The summed E-state index contributed by atoms with van der Waals surface area (Å²) in [5.74, 6) is 0. The van der Waals surface area contributed by atoms with E-state index in [1.54, 1.807) is 0 Å². The summed E-state index contributed by atoms with van der Waals surface area (Å²) >= 11 is 0. The van der Waals surface area contributed by atoms with E-state index >= 15 is 0 Å². The molecule has 0 spiro atoms. The molecule has 6 heteroatoms. The van der Waals surface area contributed by atoms with Gasteiger partial charge in [-0.25, -0.2) is 0 Å². The van der Waals surface area contributed by atoms with Gasteiger partial charge in [0.25, 0.3) is 0 Å². The Labute approximate surface area is 808 Å². The van der Waals surface area contributed by atoms with Crippen molar-refractivity contribution in [1.82, 2.24) is 27.4 Å². The molecule has 0 N–H and O–H groups in total. The maximum atomic E-state index is 2.43. The molecule has 0 aliphatic carbocycles. The van der Waals surface area contributed by atoms with E-state index < -0.39 is 0 Å². The molecule has 6 nitrogen and oxygen atoms in total. The van der Waals surface area contributed by atoms with Crippen LogP contribution in [0, 0.1) is 0 Å². The van der Waals surface area contributed by atoms with Crippen molar-refractivity contribution < 1.29 is 0 Å². The van der Waals surface area contributed by atoms with Crippen molar-refractivity contribution in [1.29, 1.82) is 0 Å². The molecule has 0 radical (unpaired) electrons. The number of fused-ring (bicyclic) bond motifs is 23. The monoisotopic (exact) mass is 1780 g/mol. The lowest BCUT2D eigenvalue weighted by Gasteiger charge is -2.11. The van der Waals surface area contributed by atoms with E-state index in [-0.39, 0.29) is 0 Å². The van der Waals surface area contributed by atoms with Gasteiger partial charge in [0.15, 0.2) is 0 Å². The fraction of sp³-hybridized carbons (Fsp3) is 0. The zero-order valence-corrected chi connectivity index (χ0v) is 76.5. The lowest BCUT2D eigenvalue weighted by Crippen LogP contribution is -1.95. The van der Waals surface area contributed by atoms with E-state index in [1.165, 1.54) is 236 Å². The van der Waals surface area contributed by atoms with Gasteiger partial charge >= 0.3 is 0 Å². The summed E-state index contributed by atoms with van der Waals surface area (Å²) in [5.41, 5.74) is 36.3. The Bertz CT molecular complexity index is 9870. The molecule has 0 fully saturated rings. The van der Waals surface area contributed by atoms with Crippen LogP contribution >= 0.6 is 0 Å². The van der Waals surface area contributed by atoms with Gasteiger partial charge in [-0.05, 0) is 240 Å². The molecule has 0 saturated carbocycles. The van der Waals surface area contributed by atoms with E-state index in [1.807, 2.05) is 0 Å². The molecule has 29 aromatic rings. The molecule has 0 unspecified atom stereocenters. The first kappa shape index (κ1) is 81.0. The highest BCUT2D eigenvalue weighted by molar-refractivity contribution is 6.32. The van der Waals surface area contributed by atoms with Gasteiger partial charge in [-0.15, -0.1) is 0 Å². The van der Waals surface area contributed by atoms with E-state index in [2.05, 4.69) is 561 Å². The predicted octanol–water partition coefficient (Wildman–Crippen LogP) is 36.0. The van der Waals surface area contributed by atoms with Crippen LogP contribution in [-0.4, -0.2) is 27.4 Å². The molecule has 6 aromatic heterocycles. The molecule has 29 rings (SSSR count).